The van der Waals surface area contributed by atoms with Crippen molar-refractivity contribution in [3.63, 3.8) is 0 Å². The zero-order chi connectivity index (χ0) is 19.5. The van der Waals surface area contributed by atoms with Crippen molar-refractivity contribution in [2.24, 2.45) is 17.3 Å². The molecule has 5 atom stereocenters. The van der Waals surface area contributed by atoms with Crippen LogP contribution >= 0.6 is 0 Å². The lowest BCUT2D eigenvalue weighted by molar-refractivity contribution is -0.114. The van der Waals surface area contributed by atoms with E-state index >= 15 is 0 Å². The van der Waals surface area contributed by atoms with Crippen molar-refractivity contribution < 1.29 is 9.90 Å². The maximum absolute atomic E-state index is 12.0. The van der Waals surface area contributed by atoms with Crippen molar-refractivity contribution in [1.29, 1.82) is 0 Å². The van der Waals surface area contributed by atoms with Gasteiger partial charge < -0.3 is 5.11 Å². The highest BCUT2D eigenvalue weighted by Crippen LogP contribution is 2.63. The van der Waals surface area contributed by atoms with Gasteiger partial charge in [-0.1, -0.05) is 49.4 Å². The predicted molar refractivity (Wildman–Crippen MR) is 113 cm³/mol. The highest BCUT2D eigenvalue weighted by molar-refractivity contribution is 5.93. The van der Waals surface area contributed by atoms with E-state index in [1.807, 2.05) is 12.2 Å². The first-order valence-electron chi connectivity index (χ1n) is 10.9. The lowest BCUT2D eigenvalue weighted by Gasteiger charge is -2.52. The molecule has 146 valence electrons. The van der Waals surface area contributed by atoms with Crippen molar-refractivity contribution >= 4 is 11.9 Å². The number of fused-ring (bicyclic) bond motifs is 4. The first-order valence-corrected chi connectivity index (χ1v) is 10.9. The summed E-state index contributed by atoms with van der Waals surface area (Å²) in [5.41, 5.74) is 6.88. The summed E-state index contributed by atoms with van der Waals surface area (Å²) in [5.74, 6) is 1.75. The summed E-state index contributed by atoms with van der Waals surface area (Å²) >= 11 is 0. The highest BCUT2D eigenvalue weighted by atomic mass is 16.3. The number of benzene rings is 1. The Morgan fingerprint density at radius 3 is 2.86 bits per heavy atom. The Bertz CT molecular complexity index is 905. The van der Waals surface area contributed by atoms with Gasteiger partial charge in [0.25, 0.3) is 0 Å². The average Bonchev–Trinajstić information content (AvgIpc) is 3.01. The summed E-state index contributed by atoms with van der Waals surface area (Å²) in [5, 5.41) is 10.9. The minimum atomic E-state index is -0.195. The van der Waals surface area contributed by atoms with Crippen LogP contribution in [0.1, 0.15) is 68.9 Å². The molecule has 4 aliphatic rings. The van der Waals surface area contributed by atoms with E-state index in [-0.39, 0.29) is 11.5 Å². The Hall–Kier alpha value is -1.93. The van der Waals surface area contributed by atoms with Gasteiger partial charge in [-0.15, -0.1) is 0 Å². The molecule has 0 aromatic heterocycles. The van der Waals surface area contributed by atoms with Gasteiger partial charge >= 0.3 is 0 Å². The molecule has 0 aliphatic heterocycles. The second-order valence-corrected chi connectivity index (χ2v) is 9.55. The number of aliphatic hydroxyl groups is 1. The average molecular weight is 375 g/mol. The van der Waals surface area contributed by atoms with Gasteiger partial charge in [0.2, 0.25) is 0 Å². The summed E-state index contributed by atoms with van der Waals surface area (Å²) in [4.78, 5) is 12.0. The zero-order valence-corrected chi connectivity index (χ0v) is 16.8. The van der Waals surface area contributed by atoms with Crippen LogP contribution in [0, 0.1) is 17.3 Å². The second-order valence-electron chi connectivity index (χ2n) is 9.55. The van der Waals surface area contributed by atoms with Gasteiger partial charge in [0.1, 0.15) is 0 Å². The summed E-state index contributed by atoms with van der Waals surface area (Å²) < 4.78 is 0. The lowest BCUT2D eigenvalue weighted by Crippen LogP contribution is -2.45. The van der Waals surface area contributed by atoms with Crippen LogP contribution in [0.3, 0.4) is 0 Å². The van der Waals surface area contributed by atoms with E-state index in [0.717, 1.165) is 44.1 Å². The van der Waals surface area contributed by atoms with Gasteiger partial charge in [0.05, 0.1) is 6.10 Å². The molecular weight excluding hydrogens is 344 g/mol. The number of aliphatic hydroxyl groups excluding tert-OH is 1. The van der Waals surface area contributed by atoms with Crippen molar-refractivity contribution in [2.75, 3.05) is 0 Å². The topological polar surface area (TPSA) is 37.3 Å². The fourth-order valence-corrected chi connectivity index (χ4v) is 6.83. The van der Waals surface area contributed by atoms with Crippen LogP contribution in [0.5, 0.6) is 0 Å². The molecule has 2 nitrogen and oxygen atoms in total. The van der Waals surface area contributed by atoms with Crippen LogP contribution in [-0.2, 0) is 4.79 Å². The summed E-state index contributed by atoms with van der Waals surface area (Å²) in [6.45, 7) is 6.28. The lowest BCUT2D eigenvalue weighted by atomic mass is 9.53. The van der Waals surface area contributed by atoms with E-state index in [4.69, 9.17) is 0 Å². The number of ketones is 1. The van der Waals surface area contributed by atoms with Crippen LogP contribution in [0.2, 0.25) is 0 Å². The minimum Gasteiger partial charge on any atom is -0.393 e. The van der Waals surface area contributed by atoms with E-state index in [9.17, 15) is 9.90 Å². The largest absolute Gasteiger partial charge is 0.393 e. The maximum atomic E-state index is 12.0. The molecule has 5 unspecified atom stereocenters. The third-order valence-corrected chi connectivity index (χ3v) is 8.23. The van der Waals surface area contributed by atoms with Gasteiger partial charge in [-0.2, -0.15) is 0 Å². The summed E-state index contributed by atoms with van der Waals surface area (Å²) in [7, 11) is 0. The molecule has 0 heterocycles. The number of carbonyl (C=O) groups excluding carboxylic acids is 1. The molecule has 0 radical (unpaired) electrons. The van der Waals surface area contributed by atoms with Gasteiger partial charge in [0.15, 0.2) is 5.78 Å². The van der Waals surface area contributed by atoms with Crippen LogP contribution in [0.4, 0.5) is 0 Å². The predicted octanol–water partition coefficient (Wildman–Crippen LogP) is 5.59. The fraction of sp³-hybridized carbons (Fsp3) is 0.500. The first-order chi connectivity index (χ1) is 13.5. The molecule has 2 saturated carbocycles. The Balaban J connectivity index is 1.69. The monoisotopic (exact) mass is 374 g/mol. The van der Waals surface area contributed by atoms with E-state index < -0.39 is 0 Å². The molecular formula is C26H30O2. The Kier molecular flexibility index (Phi) is 4.24. The van der Waals surface area contributed by atoms with Crippen molar-refractivity contribution in [3.8, 4) is 0 Å². The standard InChI is InChI=1S/C26H30O2/c1-3-16-5-4-6-17(13-16)22-15-26(2)23(11-12-24(26)28)21-9-7-18-14-19(27)8-10-20(18)25(21)22/h3-6,13-14,21-24,28H,1,7-12,15H2,2H3. The molecule has 5 rings (SSSR count). The maximum Gasteiger partial charge on any atom is 0.156 e. The van der Waals surface area contributed by atoms with Crippen LogP contribution in [-0.4, -0.2) is 17.0 Å². The highest BCUT2D eigenvalue weighted by Gasteiger charge is 2.56. The minimum absolute atomic E-state index is 0.00468. The molecule has 0 spiro atoms. The van der Waals surface area contributed by atoms with E-state index in [0.29, 0.717) is 30.0 Å². The normalized spacial score (nSPS) is 37.1. The van der Waals surface area contributed by atoms with Gasteiger partial charge in [0, 0.05) is 12.3 Å². The van der Waals surface area contributed by atoms with E-state index in [1.165, 1.54) is 16.7 Å². The number of allylic oxidation sites excluding steroid dienone is 4. The second kappa shape index (κ2) is 6.56. The van der Waals surface area contributed by atoms with Crippen LogP contribution in [0.25, 0.3) is 6.08 Å². The van der Waals surface area contributed by atoms with Crippen molar-refractivity contribution in [3.05, 3.63) is 64.8 Å². The third kappa shape index (κ3) is 2.61. The SMILES string of the molecule is C=Cc1cccc(C2CC3(C)C(O)CCC3C3CCC4=CC(=O)CCC4=C23)c1. The summed E-state index contributed by atoms with van der Waals surface area (Å²) in [6.07, 6.45) is 10.4. The zero-order valence-electron chi connectivity index (χ0n) is 16.8. The Morgan fingerprint density at radius 1 is 1.18 bits per heavy atom. The van der Waals surface area contributed by atoms with Crippen molar-refractivity contribution in [2.45, 2.75) is 63.9 Å². The van der Waals surface area contributed by atoms with Gasteiger partial charge in [-0.05, 0) is 84.1 Å². The number of carbonyl (C=O) groups is 1. The molecule has 0 saturated heterocycles. The van der Waals surface area contributed by atoms with Crippen molar-refractivity contribution in [1.82, 2.24) is 0 Å². The van der Waals surface area contributed by atoms with E-state index in [1.54, 1.807) is 5.57 Å². The molecule has 1 N–H and O–H groups in total. The molecule has 0 amide bonds. The molecule has 0 bridgehead atoms. The Morgan fingerprint density at radius 2 is 2.04 bits per heavy atom. The van der Waals surface area contributed by atoms with Crippen LogP contribution < -0.4 is 0 Å². The van der Waals surface area contributed by atoms with Crippen LogP contribution in [0.15, 0.2) is 53.6 Å². The molecule has 1 aromatic rings. The van der Waals surface area contributed by atoms with E-state index in [2.05, 4.69) is 37.8 Å². The van der Waals surface area contributed by atoms with Gasteiger partial charge in [-0.25, -0.2) is 0 Å². The molecule has 4 aliphatic carbocycles. The smallest absolute Gasteiger partial charge is 0.156 e. The molecule has 2 fully saturated rings. The molecule has 1 aromatic carbocycles. The first kappa shape index (κ1) is 18.1. The number of rotatable bonds is 2. The number of hydrogen-bond donors (Lipinski definition) is 1. The fourth-order valence-electron chi connectivity index (χ4n) is 6.83. The summed E-state index contributed by atoms with van der Waals surface area (Å²) in [6, 6.07) is 8.77. The molecule has 2 heteroatoms. The molecule has 28 heavy (non-hydrogen) atoms. The Labute approximate surface area is 168 Å². The van der Waals surface area contributed by atoms with Gasteiger partial charge in [-0.3, -0.25) is 4.79 Å². The third-order valence-electron chi connectivity index (χ3n) is 8.23. The quantitative estimate of drug-likeness (QED) is 0.733. The number of hydrogen-bond acceptors (Lipinski definition) is 2.